The van der Waals surface area contributed by atoms with E-state index in [0.29, 0.717) is 18.7 Å². The van der Waals surface area contributed by atoms with Crippen LogP contribution in [-0.4, -0.2) is 37.0 Å². The van der Waals surface area contributed by atoms with Crippen molar-refractivity contribution in [3.63, 3.8) is 0 Å². The van der Waals surface area contributed by atoms with Gasteiger partial charge in [-0.15, -0.1) is 0 Å². The van der Waals surface area contributed by atoms with E-state index in [4.69, 9.17) is 4.74 Å². The molecule has 2 aromatic carbocycles. The number of carbonyl (C=O) groups excluding carboxylic acids is 1. The minimum Gasteiger partial charge on any atom is -0.491 e. The molecular formula is C22H28N2O2. The lowest BCUT2D eigenvalue weighted by Crippen LogP contribution is -2.29. The summed E-state index contributed by atoms with van der Waals surface area (Å²) >= 11 is 0. The Kier molecular flexibility index (Phi) is 6.67. The lowest BCUT2D eigenvalue weighted by Gasteiger charge is -2.26. The highest BCUT2D eigenvalue weighted by Gasteiger charge is 2.11. The Labute approximate surface area is 156 Å². The van der Waals surface area contributed by atoms with Crippen LogP contribution >= 0.6 is 0 Å². The van der Waals surface area contributed by atoms with Gasteiger partial charge in [-0.2, -0.15) is 0 Å². The first kappa shape index (κ1) is 18.5. The fraction of sp³-hybridized carbons (Fsp3) is 0.409. The SMILES string of the molecule is Cc1ccccc1OCCNC(=O)c1ccc(CN2CCCCC2)cc1. The van der Waals surface area contributed by atoms with Crippen LogP contribution in [-0.2, 0) is 6.54 Å². The molecule has 1 aliphatic rings. The molecule has 4 heteroatoms. The summed E-state index contributed by atoms with van der Waals surface area (Å²) in [5.41, 5.74) is 3.07. The smallest absolute Gasteiger partial charge is 0.251 e. The predicted molar refractivity (Wildman–Crippen MR) is 105 cm³/mol. The molecule has 4 nitrogen and oxygen atoms in total. The van der Waals surface area contributed by atoms with Crippen LogP contribution in [0.5, 0.6) is 5.75 Å². The van der Waals surface area contributed by atoms with E-state index in [1.807, 2.05) is 43.3 Å². The molecule has 0 spiro atoms. The molecule has 0 aliphatic carbocycles. The number of amides is 1. The fourth-order valence-corrected chi connectivity index (χ4v) is 3.28. The zero-order valence-electron chi connectivity index (χ0n) is 15.5. The van der Waals surface area contributed by atoms with E-state index in [9.17, 15) is 4.79 Å². The summed E-state index contributed by atoms with van der Waals surface area (Å²) in [6.07, 6.45) is 3.94. The topological polar surface area (TPSA) is 41.6 Å². The first-order valence-electron chi connectivity index (χ1n) is 9.50. The highest BCUT2D eigenvalue weighted by atomic mass is 16.5. The minimum atomic E-state index is -0.0529. The molecule has 1 N–H and O–H groups in total. The average molecular weight is 352 g/mol. The number of para-hydroxylation sites is 1. The second-order valence-electron chi connectivity index (χ2n) is 6.90. The van der Waals surface area contributed by atoms with Crippen molar-refractivity contribution < 1.29 is 9.53 Å². The summed E-state index contributed by atoms with van der Waals surface area (Å²) in [6.45, 7) is 6.31. The van der Waals surface area contributed by atoms with Gasteiger partial charge in [0, 0.05) is 12.1 Å². The Morgan fingerprint density at radius 3 is 2.50 bits per heavy atom. The second kappa shape index (κ2) is 9.39. The maximum absolute atomic E-state index is 12.2. The number of piperidine rings is 1. The van der Waals surface area contributed by atoms with Gasteiger partial charge < -0.3 is 10.1 Å². The number of benzene rings is 2. The summed E-state index contributed by atoms with van der Waals surface area (Å²) in [4.78, 5) is 14.7. The minimum absolute atomic E-state index is 0.0529. The molecule has 1 fully saturated rings. The largest absolute Gasteiger partial charge is 0.491 e. The molecule has 2 aromatic rings. The quantitative estimate of drug-likeness (QED) is 0.771. The van der Waals surface area contributed by atoms with Crippen LogP contribution in [0.4, 0.5) is 0 Å². The number of hydrogen-bond donors (Lipinski definition) is 1. The van der Waals surface area contributed by atoms with Gasteiger partial charge >= 0.3 is 0 Å². The molecule has 1 amide bonds. The van der Waals surface area contributed by atoms with E-state index in [2.05, 4.69) is 22.3 Å². The molecule has 0 unspecified atom stereocenters. The third kappa shape index (κ3) is 5.33. The number of hydrogen-bond acceptors (Lipinski definition) is 3. The standard InChI is InChI=1S/C22H28N2O2/c1-18-7-3-4-8-21(18)26-16-13-23-22(25)20-11-9-19(10-12-20)17-24-14-5-2-6-15-24/h3-4,7-12H,2,5-6,13-17H2,1H3,(H,23,25). The maximum atomic E-state index is 12.2. The highest BCUT2D eigenvalue weighted by molar-refractivity contribution is 5.94. The van der Waals surface area contributed by atoms with Crippen LogP contribution in [0.25, 0.3) is 0 Å². The van der Waals surface area contributed by atoms with Gasteiger partial charge in [-0.05, 0) is 62.2 Å². The van der Waals surface area contributed by atoms with Gasteiger partial charge in [0.15, 0.2) is 0 Å². The molecule has 0 aromatic heterocycles. The van der Waals surface area contributed by atoms with Crippen molar-refractivity contribution in [1.29, 1.82) is 0 Å². The maximum Gasteiger partial charge on any atom is 0.251 e. The van der Waals surface area contributed by atoms with E-state index in [0.717, 1.165) is 17.9 Å². The van der Waals surface area contributed by atoms with Gasteiger partial charge in [0.05, 0.1) is 6.54 Å². The molecule has 0 radical (unpaired) electrons. The first-order chi connectivity index (χ1) is 12.7. The molecule has 3 rings (SSSR count). The second-order valence-corrected chi connectivity index (χ2v) is 6.90. The third-order valence-corrected chi connectivity index (χ3v) is 4.81. The molecule has 26 heavy (non-hydrogen) atoms. The monoisotopic (exact) mass is 352 g/mol. The van der Waals surface area contributed by atoms with Gasteiger partial charge in [0.25, 0.3) is 5.91 Å². The van der Waals surface area contributed by atoms with E-state index in [1.165, 1.54) is 37.9 Å². The predicted octanol–water partition coefficient (Wildman–Crippen LogP) is 3.79. The number of likely N-dealkylation sites (tertiary alicyclic amines) is 1. The number of aryl methyl sites for hydroxylation is 1. The zero-order chi connectivity index (χ0) is 18.2. The van der Waals surface area contributed by atoms with Gasteiger partial charge in [0.1, 0.15) is 12.4 Å². The number of rotatable bonds is 7. The summed E-state index contributed by atoms with van der Waals surface area (Å²) < 4.78 is 5.71. The Bertz CT molecular complexity index is 706. The normalized spacial score (nSPS) is 14.8. The Morgan fingerprint density at radius 2 is 1.77 bits per heavy atom. The lowest BCUT2D eigenvalue weighted by molar-refractivity contribution is 0.0947. The molecule has 138 valence electrons. The Morgan fingerprint density at radius 1 is 1.04 bits per heavy atom. The fourth-order valence-electron chi connectivity index (χ4n) is 3.28. The van der Waals surface area contributed by atoms with Crippen molar-refractivity contribution in [2.45, 2.75) is 32.7 Å². The number of carbonyl (C=O) groups is 1. The van der Waals surface area contributed by atoms with Crippen molar-refractivity contribution in [3.8, 4) is 5.75 Å². The van der Waals surface area contributed by atoms with Crippen LogP contribution < -0.4 is 10.1 Å². The number of nitrogens with one attached hydrogen (secondary N) is 1. The van der Waals surface area contributed by atoms with Crippen molar-refractivity contribution >= 4 is 5.91 Å². The molecule has 0 saturated carbocycles. The lowest BCUT2D eigenvalue weighted by atomic mass is 10.1. The van der Waals surface area contributed by atoms with Gasteiger partial charge in [0.2, 0.25) is 0 Å². The molecule has 0 bridgehead atoms. The van der Waals surface area contributed by atoms with Gasteiger partial charge in [-0.3, -0.25) is 9.69 Å². The van der Waals surface area contributed by atoms with Gasteiger partial charge in [-0.25, -0.2) is 0 Å². The summed E-state index contributed by atoms with van der Waals surface area (Å²) in [5, 5.41) is 2.92. The number of ether oxygens (including phenoxy) is 1. The van der Waals surface area contributed by atoms with Crippen LogP contribution in [0.1, 0.15) is 40.7 Å². The van der Waals surface area contributed by atoms with Crippen LogP contribution in [0, 0.1) is 6.92 Å². The summed E-state index contributed by atoms with van der Waals surface area (Å²) in [6, 6.07) is 15.8. The molecular weight excluding hydrogens is 324 g/mol. The Balaban J connectivity index is 1.42. The first-order valence-corrected chi connectivity index (χ1v) is 9.50. The Hall–Kier alpha value is -2.33. The van der Waals surface area contributed by atoms with Crippen LogP contribution in [0.15, 0.2) is 48.5 Å². The highest BCUT2D eigenvalue weighted by Crippen LogP contribution is 2.16. The van der Waals surface area contributed by atoms with E-state index in [-0.39, 0.29) is 5.91 Å². The summed E-state index contributed by atoms with van der Waals surface area (Å²) in [5.74, 6) is 0.812. The van der Waals surface area contributed by atoms with Gasteiger partial charge in [-0.1, -0.05) is 36.8 Å². The molecule has 1 aliphatic heterocycles. The van der Waals surface area contributed by atoms with Crippen molar-refractivity contribution in [1.82, 2.24) is 10.2 Å². The molecule has 0 atom stereocenters. The molecule has 1 heterocycles. The van der Waals surface area contributed by atoms with Crippen molar-refractivity contribution in [3.05, 3.63) is 65.2 Å². The number of nitrogens with zero attached hydrogens (tertiary/aromatic N) is 1. The summed E-state index contributed by atoms with van der Waals surface area (Å²) in [7, 11) is 0. The third-order valence-electron chi connectivity index (χ3n) is 4.81. The van der Waals surface area contributed by atoms with Crippen molar-refractivity contribution in [2.75, 3.05) is 26.2 Å². The zero-order valence-corrected chi connectivity index (χ0v) is 15.5. The van der Waals surface area contributed by atoms with Crippen LogP contribution in [0.3, 0.4) is 0 Å². The van der Waals surface area contributed by atoms with Crippen LogP contribution in [0.2, 0.25) is 0 Å². The van der Waals surface area contributed by atoms with E-state index < -0.39 is 0 Å². The molecule has 1 saturated heterocycles. The average Bonchev–Trinajstić information content (AvgIpc) is 2.68. The van der Waals surface area contributed by atoms with E-state index >= 15 is 0 Å². The van der Waals surface area contributed by atoms with E-state index in [1.54, 1.807) is 0 Å². The van der Waals surface area contributed by atoms with Crippen molar-refractivity contribution in [2.24, 2.45) is 0 Å².